The average Bonchev–Trinajstić information content (AvgIpc) is 3.38. The van der Waals surface area contributed by atoms with Crippen LogP contribution in [0.3, 0.4) is 0 Å². The van der Waals surface area contributed by atoms with E-state index in [1.165, 1.54) is 48.5 Å². The lowest BCUT2D eigenvalue weighted by atomic mass is 9.84. The molecule has 358 valence electrons. The summed E-state index contributed by atoms with van der Waals surface area (Å²) in [6.45, 7) is 7.13. The van der Waals surface area contributed by atoms with Crippen molar-refractivity contribution in [2.45, 2.75) is 40.8 Å². The Morgan fingerprint density at radius 2 is 0.611 bits per heavy atom. The van der Waals surface area contributed by atoms with Gasteiger partial charge in [-0.25, -0.2) is 9.80 Å². The molecule has 16 nitrogen and oxygen atoms in total. The Morgan fingerprint density at radius 1 is 0.333 bits per heavy atom. The molecule has 8 amide bonds. The molecule has 7 aromatic carbocycles. The van der Waals surface area contributed by atoms with Crippen molar-refractivity contribution in [3.8, 4) is 23.0 Å². The quantitative estimate of drug-likeness (QED) is 0.0945. The van der Waals surface area contributed by atoms with Gasteiger partial charge < -0.3 is 18.9 Å². The van der Waals surface area contributed by atoms with Gasteiger partial charge in [0, 0.05) is 21.5 Å². The van der Waals surface area contributed by atoms with Gasteiger partial charge in [0.1, 0.15) is 23.0 Å². The van der Waals surface area contributed by atoms with E-state index >= 15 is 0 Å². The zero-order chi connectivity index (χ0) is 50.3. The summed E-state index contributed by atoms with van der Waals surface area (Å²) in [7, 11) is 0. The summed E-state index contributed by atoms with van der Waals surface area (Å²) >= 11 is 0. The topological polar surface area (TPSA) is 186 Å². The van der Waals surface area contributed by atoms with Crippen molar-refractivity contribution >= 4 is 80.2 Å². The van der Waals surface area contributed by atoms with Gasteiger partial charge in [0.2, 0.25) is 0 Å². The van der Waals surface area contributed by atoms with Crippen molar-refractivity contribution in [3.63, 3.8) is 0 Å². The minimum absolute atomic E-state index is 0.0185. The third-order valence-corrected chi connectivity index (χ3v) is 13.2. The Balaban J connectivity index is 0.995. The van der Waals surface area contributed by atoms with E-state index < -0.39 is 47.3 Å². The summed E-state index contributed by atoms with van der Waals surface area (Å²) in [4.78, 5) is 121. The molecule has 11 rings (SSSR count). The van der Waals surface area contributed by atoms with Crippen molar-refractivity contribution in [3.05, 3.63) is 165 Å². The van der Waals surface area contributed by atoms with Crippen molar-refractivity contribution < 1.29 is 57.3 Å². The number of carbonyl (C=O) groups is 8. The van der Waals surface area contributed by atoms with E-state index in [4.69, 9.17) is 18.9 Å². The molecule has 0 aliphatic carbocycles. The molecule has 0 aromatic heterocycles. The Labute approximate surface area is 410 Å². The molecule has 0 bridgehead atoms. The number of rotatable bonds is 14. The van der Waals surface area contributed by atoms with Crippen LogP contribution in [0.5, 0.6) is 23.0 Å². The molecule has 7 aromatic rings. The lowest BCUT2D eigenvalue weighted by Crippen LogP contribution is -2.44. The third kappa shape index (κ3) is 6.66. The fourth-order valence-corrected chi connectivity index (χ4v) is 10.2. The standard InChI is InChI=1S/C56H42N4O12/c1-5-69-37-25-35-43-41-33(49(61)57(53(65)45(37)41)27-29-15-11-9-12-16-29)23-39(71-7-3)47(43)55(67)59(51(35)63)31-19-21-32(22-20-31)60-52(64)36-26-38(70-6-2)46-42-34(24-40(72-8-4)48(44(36)42)56(60)68)50(62)58(54(46)66)28-30-17-13-10-14-18-30/h9-26H,5-8,27-28H2,1-4H3. The van der Waals surface area contributed by atoms with Crippen LogP contribution in [0.4, 0.5) is 11.4 Å². The molecule has 0 unspecified atom stereocenters. The second kappa shape index (κ2) is 17.3. The second-order valence-electron chi connectivity index (χ2n) is 17.2. The maximum atomic E-state index is 14.9. The van der Waals surface area contributed by atoms with Crippen LogP contribution in [0.1, 0.15) is 122 Å². The predicted octanol–water partition coefficient (Wildman–Crippen LogP) is 8.78. The monoisotopic (exact) mass is 962 g/mol. The highest BCUT2D eigenvalue weighted by atomic mass is 16.5. The van der Waals surface area contributed by atoms with E-state index in [0.29, 0.717) is 11.1 Å². The number of nitrogens with zero attached hydrogens (tertiary/aromatic N) is 4. The Kier molecular flexibility index (Phi) is 10.9. The number of benzene rings is 7. The highest BCUT2D eigenvalue weighted by Crippen LogP contribution is 2.49. The van der Waals surface area contributed by atoms with Crippen molar-refractivity contribution in [2.24, 2.45) is 0 Å². The Morgan fingerprint density at radius 3 is 0.903 bits per heavy atom. The molecule has 0 N–H and O–H groups in total. The van der Waals surface area contributed by atoms with Crippen LogP contribution in [0.25, 0.3) is 21.5 Å². The average molecular weight is 963 g/mol. The van der Waals surface area contributed by atoms with E-state index in [0.717, 1.165) is 19.6 Å². The van der Waals surface area contributed by atoms with Crippen LogP contribution in [0.15, 0.2) is 109 Å². The number of hydrogen-bond acceptors (Lipinski definition) is 12. The number of anilines is 2. The summed E-state index contributed by atoms with van der Waals surface area (Å²) in [6.07, 6.45) is 0. The first kappa shape index (κ1) is 45.3. The number of imide groups is 4. The van der Waals surface area contributed by atoms with Gasteiger partial charge in [0.05, 0.1) is 95.4 Å². The molecule has 0 saturated carbocycles. The molecule has 0 spiro atoms. The van der Waals surface area contributed by atoms with Crippen LogP contribution < -0.4 is 28.7 Å². The largest absolute Gasteiger partial charge is 0.493 e. The predicted molar refractivity (Wildman–Crippen MR) is 263 cm³/mol. The minimum Gasteiger partial charge on any atom is -0.493 e. The molecule has 72 heavy (non-hydrogen) atoms. The Bertz CT molecular complexity index is 3360. The molecule has 4 aliphatic heterocycles. The normalized spacial score (nSPS) is 14.8. The highest BCUT2D eigenvalue weighted by molar-refractivity contribution is 6.42. The van der Waals surface area contributed by atoms with Crippen LogP contribution in [0, 0.1) is 0 Å². The smallest absolute Gasteiger partial charge is 0.269 e. The molecule has 4 aliphatic rings. The third-order valence-electron chi connectivity index (χ3n) is 13.2. The molecule has 0 radical (unpaired) electrons. The van der Waals surface area contributed by atoms with Gasteiger partial charge in [-0.15, -0.1) is 0 Å². The van der Waals surface area contributed by atoms with Crippen molar-refractivity contribution in [1.29, 1.82) is 0 Å². The van der Waals surface area contributed by atoms with E-state index in [1.54, 1.807) is 76.2 Å². The zero-order valence-corrected chi connectivity index (χ0v) is 39.3. The van der Waals surface area contributed by atoms with Crippen LogP contribution in [-0.2, 0) is 13.1 Å². The van der Waals surface area contributed by atoms with Crippen molar-refractivity contribution in [2.75, 3.05) is 36.2 Å². The maximum Gasteiger partial charge on any atom is 0.269 e. The first-order valence-corrected chi connectivity index (χ1v) is 23.5. The second-order valence-corrected chi connectivity index (χ2v) is 17.2. The number of hydrogen-bond donors (Lipinski definition) is 0. The number of amides is 8. The first-order valence-electron chi connectivity index (χ1n) is 23.5. The molecular formula is C56H42N4O12. The highest BCUT2D eigenvalue weighted by Gasteiger charge is 2.47. The minimum atomic E-state index is -0.813. The fraction of sp³-hybridized carbons (Fsp3) is 0.179. The fourth-order valence-electron chi connectivity index (χ4n) is 10.2. The molecule has 0 fully saturated rings. The van der Waals surface area contributed by atoms with Gasteiger partial charge in [-0.05, 0) is 87.4 Å². The van der Waals surface area contributed by atoms with Gasteiger partial charge in [-0.3, -0.25) is 48.2 Å². The van der Waals surface area contributed by atoms with Gasteiger partial charge >= 0.3 is 0 Å². The van der Waals surface area contributed by atoms with E-state index in [1.807, 2.05) is 12.1 Å². The van der Waals surface area contributed by atoms with Crippen molar-refractivity contribution in [1.82, 2.24) is 9.80 Å². The van der Waals surface area contributed by atoms with Crippen LogP contribution in [0.2, 0.25) is 0 Å². The summed E-state index contributed by atoms with van der Waals surface area (Å²) in [5.74, 6) is -5.67. The summed E-state index contributed by atoms with van der Waals surface area (Å²) < 4.78 is 24.1. The number of ether oxygens (including phenoxy) is 4. The Hall–Kier alpha value is -9.18. The number of carbonyl (C=O) groups excluding carboxylic acids is 8. The van der Waals surface area contributed by atoms with E-state index in [2.05, 4.69) is 0 Å². The first-order chi connectivity index (χ1) is 34.9. The van der Waals surface area contributed by atoms with Gasteiger partial charge in [0.25, 0.3) is 47.3 Å². The molecule has 0 atom stereocenters. The summed E-state index contributed by atoms with van der Waals surface area (Å²) in [5, 5.41) is 0.353. The lowest BCUT2D eigenvalue weighted by molar-refractivity contribution is 0.0580. The molecular weight excluding hydrogens is 921 g/mol. The van der Waals surface area contributed by atoms with Gasteiger partial charge in [-0.2, -0.15) is 0 Å². The zero-order valence-electron chi connectivity index (χ0n) is 39.3. The van der Waals surface area contributed by atoms with Gasteiger partial charge in [0.15, 0.2) is 0 Å². The van der Waals surface area contributed by atoms with E-state index in [-0.39, 0.29) is 140 Å². The van der Waals surface area contributed by atoms with Crippen LogP contribution >= 0.6 is 0 Å². The molecule has 16 heteroatoms. The molecule has 4 heterocycles. The summed E-state index contributed by atoms with van der Waals surface area (Å²) in [5.41, 5.74) is 1.54. The summed E-state index contributed by atoms with van der Waals surface area (Å²) in [6, 6.07) is 29.3. The van der Waals surface area contributed by atoms with Crippen LogP contribution in [-0.4, -0.2) is 83.5 Å². The van der Waals surface area contributed by atoms with E-state index in [9.17, 15) is 38.4 Å². The molecule has 0 saturated heterocycles. The van der Waals surface area contributed by atoms with Gasteiger partial charge in [-0.1, -0.05) is 60.7 Å². The maximum absolute atomic E-state index is 14.9. The lowest BCUT2D eigenvalue weighted by Gasteiger charge is -2.34. The SMILES string of the molecule is CCOc1cc2c3c(c(OCC)cc4c3c1C(=O)N(Cc1ccccc1)C4=O)C(=O)N(c1ccc(N3C(=O)c4cc(OCC)c5c6c(cc(OCC)c(c46)C3=O)C(=O)N(Cc3ccccc3)C5=O)cc1)C2=O.